The molecule has 6 heteroatoms. The first-order chi connectivity index (χ1) is 12.0. The number of aromatic nitrogens is 2. The molecule has 0 bridgehead atoms. The molecule has 6 nitrogen and oxygen atoms in total. The Hall–Kier alpha value is -3.02. The van der Waals surface area contributed by atoms with Gasteiger partial charge in [-0.3, -0.25) is 4.79 Å². The molecule has 2 N–H and O–H groups in total. The minimum atomic E-state index is -0.241. The summed E-state index contributed by atoms with van der Waals surface area (Å²) in [7, 11) is 3.24. The van der Waals surface area contributed by atoms with Crippen LogP contribution in [0.2, 0.25) is 0 Å². The molecule has 1 atom stereocenters. The van der Waals surface area contributed by atoms with Crippen LogP contribution in [0.1, 0.15) is 24.2 Å². The van der Waals surface area contributed by atoms with Gasteiger partial charge >= 0.3 is 0 Å². The van der Waals surface area contributed by atoms with Crippen molar-refractivity contribution >= 4 is 10.9 Å². The number of nitrogen functional groups attached to an aromatic ring is 1. The van der Waals surface area contributed by atoms with E-state index in [4.69, 9.17) is 15.3 Å². The quantitative estimate of drug-likeness (QED) is 0.723. The summed E-state index contributed by atoms with van der Waals surface area (Å²) in [5, 5.41) is 0.517. The lowest BCUT2D eigenvalue weighted by atomic mass is 9.96. The minimum absolute atomic E-state index is 0.0590. The highest BCUT2D eigenvalue weighted by Gasteiger charge is 2.17. The molecule has 2 aromatic carbocycles. The number of hydrogen-bond donors (Lipinski definition) is 1. The largest absolute Gasteiger partial charge is 0.497 e. The van der Waals surface area contributed by atoms with Gasteiger partial charge in [0.2, 0.25) is 0 Å². The molecular weight excluding hydrogens is 318 g/mol. The van der Waals surface area contributed by atoms with E-state index in [-0.39, 0.29) is 11.5 Å². The van der Waals surface area contributed by atoms with Crippen molar-refractivity contribution in [1.82, 2.24) is 9.66 Å². The molecule has 0 saturated carbocycles. The second-order valence-corrected chi connectivity index (χ2v) is 5.93. The van der Waals surface area contributed by atoms with Crippen molar-refractivity contribution in [2.75, 3.05) is 20.1 Å². The first kappa shape index (κ1) is 16.8. The molecule has 3 aromatic rings. The van der Waals surface area contributed by atoms with E-state index >= 15 is 0 Å². The number of nitrogens with two attached hydrogens (primary N) is 1. The van der Waals surface area contributed by atoms with Gasteiger partial charge in [0, 0.05) is 12.5 Å². The van der Waals surface area contributed by atoms with Crippen molar-refractivity contribution in [1.29, 1.82) is 0 Å². The molecule has 0 unspecified atom stereocenters. The van der Waals surface area contributed by atoms with E-state index in [0.717, 1.165) is 21.7 Å². The summed E-state index contributed by atoms with van der Waals surface area (Å²) >= 11 is 0. The zero-order chi connectivity index (χ0) is 18.0. The number of para-hydroxylation sites is 1. The number of methoxy groups -OCH3 is 2. The lowest BCUT2D eigenvalue weighted by Gasteiger charge is -2.17. The molecule has 0 amide bonds. The second kappa shape index (κ2) is 6.84. The van der Waals surface area contributed by atoms with Gasteiger partial charge in [-0.25, -0.2) is 9.66 Å². The van der Waals surface area contributed by atoms with Crippen LogP contribution in [0.15, 0.2) is 47.3 Å². The van der Waals surface area contributed by atoms with Gasteiger partial charge in [-0.1, -0.05) is 25.1 Å². The van der Waals surface area contributed by atoms with Crippen LogP contribution in [0.4, 0.5) is 0 Å². The van der Waals surface area contributed by atoms with Gasteiger partial charge in [-0.2, -0.15) is 0 Å². The number of ether oxygens (including phenoxy) is 2. The number of rotatable bonds is 5. The van der Waals surface area contributed by atoms with Crippen LogP contribution in [0.25, 0.3) is 10.9 Å². The zero-order valence-electron chi connectivity index (χ0n) is 14.5. The predicted octanol–water partition coefficient (Wildman–Crippen LogP) is 2.47. The van der Waals surface area contributed by atoms with E-state index in [1.165, 1.54) is 0 Å². The minimum Gasteiger partial charge on any atom is -0.497 e. The molecule has 0 aliphatic heterocycles. The molecule has 1 aromatic heterocycles. The molecule has 0 saturated heterocycles. The first-order valence-corrected chi connectivity index (χ1v) is 8.02. The summed E-state index contributed by atoms with van der Waals surface area (Å²) in [6, 6.07) is 12.9. The Morgan fingerprint density at radius 1 is 1.16 bits per heavy atom. The highest BCUT2D eigenvalue weighted by molar-refractivity contribution is 5.77. The van der Waals surface area contributed by atoms with Gasteiger partial charge in [0.25, 0.3) is 5.56 Å². The van der Waals surface area contributed by atoms with Crippen molar-refractivity contribution in [3.63, 3.8) is 0 Å². The predicted molar refractivity (Wildman–Crippen MR) is 97.8 cm³/mol. The number of fused-ring (bicyclic) bond motifs is 1. The van der Waals surface area contributed by atoms with Crippen molar-refractivity contribution in [3.05, 3.63) is 64.2 Å². The van der Waals surface area contributed by atoms with E-state index in [1.807, 2.05) is 37.3 Å². The van der Waals surface area contributed by atoms with E-state index in [0.29, 0.717) is 23.1 Å². The number of benzene rings is 2. The molecule has 25 heavy (non-hydrogen) atoms. The third-order valence-corrected chi connectivity index (χ3v) is 4.34. The van der Waals surface area contributed by atoms with E-state index < -0.39 is 0 Å². The normalized spacial score (nSPS) is 12.1. The molecule has 130 valence electrons. The number of nitrogens with zero attached hydrogens (tertiary/aromatic N) is 2. The fraction of sp³-hybridized carbons (Fsp3) is 0.263. The molecular formula is C19H21N3O3. The van der Waals surface area contributed by atoms with E-state index in [2.05, 4.69) is 4.98 Å². The summed E-state index contributed by atoms with van der Waals surface area (Å²) in [6.07, 6.45) is 0.513. The average Bonchev–Trinajstić information content (AvgIpc) is 2.65. The second-order valence-electron chi connectivity index (χ2n) is 5.93. The van der Waals surface area contributed by atoms with Gasteiger partial charge in [0.15, 0.2) is 0 Å². The topological polar surface area (TPSA) is 79.4 Å². The molecule has 0 fully saturated rings. The van der Waals surface area contributed by atoms with Crippen LogP contribution < -0.4 is 20.9 Å². The van der Waals surface area contributed by atoms with Crippen molar-refractivity contribution in [2.24, 2.45) is 0 Å². The third-order valence-electron chi connectivity index (χ3n) is 4.34. The standard InChI is InChI=1S/C19H21N3O3/c1-12(14-9-8-13(24-2)11-17(14)25-3)10-18-21-16-7-5-4-6-15(16)19(23)22(18)20/h4-9,11-12H,10,20H2,1-3H3/t12-/m1/s1. The Kier molecular flexibility index (Phi) is 4.61. The maximum absolute atomic E-state index is 12.4. The molecule has 3 rings (SSSR count). The Morgan fingerprint density at radius 2 is 1.92 bits per heavy atom. The van der Waals surface area contributed by atoms with Crippen molar-refractivity contribution in [3.8, 4) is 11.5 Å². The molecule has 1 heterocycles. The first-order valence-electron chi connectivity index (χ1n) is 8.02. The third kappa shape index (κ3) is 3.15. The van der Waals surface area contributed by atoms with E-state index in [9.17, 15) is 4.79 Å². The van der Waals surface area contributed by atoms with Crippen molar-refractivity contribution < 1.29 is 9.47 Å². The Bertz CT molecular complexity index is 966. The highest BCUT2D eigenvalue weighted by Crippen LogP contribution is 2.32. The maximum Gasteiger partial charge on any atom is 0.279 e. The Balaban J connectivity index is 1.99. The van der Waals surface area contributed by atoms with Crippen LogP contribution in [0, 0.1) is 0 Å². The van der Waals surface area contributed by atoms with Crippen LogP contribution in [-0.4, -0.2) is 23.9 Å². The molecule has 0 radical (unpaired) electrons. The lowest BCUT2D eigenvalue weighted by molar-refractivity contribution is 0.388. The fourth-order valence-electron chi connectivity index (χ4n) is 2.95. The molecule has 0 spiro atoms. The Labute approximate surface area is 145 Å². The summed E-state index contributed by atoms with van der Waals surface area (Å²) in [5.41, 5.74) is 1.42. The van der Waals surface area contributed by atoms with Gasteiger partial charge in [0.05, 0.1) is 25.1 Å². The highest BCUT2D eigenvalue weighted by atomic mass is 16.5. The van der Waals surface area contributed by atoms with Gasteiger partial charge in [-0.05, 0) is 29.7 Å². The van der Waals surface area contributed by atoms with E-state index in [1.54, 1.807) is 26.4 Å². The molecule has 0 aliphatic rings. The zero-order valence-corrected chi connectivity index (χ0v) is 14.5. The fourth-order valence-corrected chi connectivity index (χ4v) is 2.95. The average molecular weight is 339 g/mol. The smallest absolute Gasteiger partial charge is 0.279 e. The van der Waals surface area contributed by atoms with Gasteiger partial charge in [0.1, 0.15) is 17.3 Å². The van der Waals surface area contributed by atoms with Gasteiger partial charge in [-0.15, -0.1) is 0 Å². The van der Waals surface area contributed by atoms with Crippen LogP contribution in [0.5, 0.6) is 11.5 Å². The lowest BCUT2D eigenvalue weighted by Crippen LogP contribution is -2.32. The maximum atomic E-state index is 12.4. The van der Waals surface area contributed by atoms with Crippen LogP contribution in [-0.2, 0) is 6.42 Å². The summed E-state index contributed by atoms with van der Waals surface area (Å²) < 4.78 is 11.8. The molecule has 0 aliphatic carbocycles. The Morgan fingerprint density at radius 3 is 2.64 bits per heavy atom. The number of hydrogen-bond acceptors (Lipinski definition) is 5. The summed E-state index contributed by atoms with van der Waals surface area (Å²) in [5.74, 6) is 8.04. The monoisotopic (exact) mass is 339 g/mol. The summed E-state index contributed by atoms with van der Waals surface area (Å²) in [6.45, 7) is 2.05. The van der Waals surface area contributed by atoms with Crippen LogP contribution in [0.3, 0.4) is 0 Å². The SMILES string of the molecule is COc1ccc([C@H](C)Cc2nc3ccccc3c(=O)n2N)c(OC)c1. The van der Waals surface area contributed by atoms with Crippen LogP contribution >= 0.6 is 0 Å². The summed E-state index contributed by atoms with van der Waals surface area (Å²) in [4.78, 5) is 17.0. The van der Waals surface area contributed by atoms with Crippen molar-refractivity contribution in [2.45, 2.75) is 19.3 Å². The van der Waals surface area contributed by atoms with Gasteiger partial charge < -0.3 is 15.3 Å².